The fourth-order valence-corrected chi connectivity index (χ4v) is 4.14. The molecule has 9 heteroatoms. The first-order valence-electron chi connectivity index (χ1n) is 8.95. The lowest BCUT2D eigenvalue weighted by molar-refractivity contribution is -0.151. The van der Waals surface area contributed by atoms with Crippen molar-refractivity contribution in [2.24, 2.45) is 0 Å². The van der Waals surface area contributed by atoms with Gasteiger partial charge in [-0.15, -0.1) is 0 Å². The first-order valence-corrected chi connectivity index (χ1v) is 10.8. The summed E-state index contributed by atoms with van der Waals surface area (Å²) in [5.74, 6) is -0.0120. The van der Waals surface area contributed by atoms with Gasteiger partial charge in [-0.1, -0.05) is 0 Å². The molecule has 0 atom stereocenters. The highest BCUT2D eigenvalue weighted by molar-refractivity contribution is 7.88. The van der Waals surface area contributed by atoms with E-state index >= 15 is 0 Å². The zero-order valence-corrected chi connectivity index (χ0v) is 16.0. The minimum Gasteiger partial charge on any atom is -0.472 e. The minimum absolute atomic E-state index is 0.0120. The SMILES string of the molecule is CS(=O)(=O)NCCC(=O)N1CCC2(CC1)CN(Cc1ccoc1)CCO2. The molecule has 2 fully saturated rings. The minimum atomic E-state index is -3.25. The van der Waals surface area contributed by atoms with Crippen LogP contribution in [0, 0.1) is 0 Å². The van der Waals surface area contributed by atoms with Gasteiger partial charge in [0.15, 0.2) is 0 Å². The molecule has 0 unspecified atom stereocenters. The van der Waals surface area contributed by atoms with Crippen LogP contribution in [0.3, 0.4) is 0 Å². The fraction of sp³-hybridized carbons (Fsp3) is 0.706. The van der Waals surface area contributed by atoms with E-state index in [9.17, 15) is 13.2 Å². The molecule has 1 aromatic heterocycles. The summed E-state index contributed by atoms with van der Waals surface area (Å²) in [4.78, 5) is 16.5. The molecule has 1 N–H and O–H groups in total. The fourth-order valence-electron chi connectivity index (χ4n) is 3.67. The Morgan fingerprint density at radius 3 is 2.73 bits per heavy atom. The Morgan fingerprint density at radius 2 is 2.08 bits per heavy atom. The summed E-state index contributed by atoms with van der Waals surface area (Å²) in [5.41, 5.74) is 0.970. The van der Waals surface area contributed by atoms with Crippen LogP contribution in [0.4, 0.5) is 0 Å². The lowest BCUT2D eigenvalue weighted by atomic mass is 9.89. The van der Waals surface area contributed by atoms with Crippen LogP contribution >= 0.6 is 0 Å². The number of sulfonamides is 1. The average molecular weight is 385 g/mol. The third-order valence-corrected chi connectivity index (χ3v) is 5.77. The largest absolute Gasteiger partial charge is 0.472 e. The molecule has 1 amide bonds. The molecular weight excluding hydrogens is 358 g/mol. The van der Waals surface area contributed by atoms with E-state index < -0.39 is 10.0 Å². The van der Waals surface area contributed by atoms with E-state index in [1.807, 2.05) is 11.0 Å². The lowest BCUT2D eigenvalue weighted by Crippen LogP contribution is -2.57. The average Bonchev–Trinajstić information content (AvgIpc) is 3.07. The van der Waals surface area contributed by atoms with Crippen LogP contribution in [-0.4, -0.2) is 75.3 Å². The number of nitrogens with one attached hydrogen (secondary N) is 1. The quantitative estimate of drug-likeness (QED) is 0.763. The molecule has 0 saturated carbocycles. The van der Waals surface area contributed by atoms with Crippen molar-refractivity contribution in [1.29, 1.82) is 0 Å². The maximum Gasteiger partial charge on any atom is 0.223 e. The van der Waals surface area contributed by atoms with E-state index in [1.165, 1.54) is 0 Å². The molecule has 0 radical (unpaired) electrons. The molecule has 3 rings (SSSR count). The number of nitrogens with zero attached hydrogens (tertiary/aromatic N) is 2. The van der Waals surface area contributed by atoms with Gasteiger partial charge < -0.3 is 14.1 Å². The Balaban J connectivity index is 1.46. The summed E-state index contributed by atoms with van der Waals surface area (Å²) in [6.07, 6.45) is 6.36. The van der Waals surface area contributed by atoms with Gasteiger partial charge in [0, 0.05) is 51.3 Å². The van der Waals surface area contributed by atoms with Gasteiger partial charge in [0.05, 0.1) is 31.0 Å². The molecule has 2 saturated heterocycles. The number of rotatable bonds is 6. The summed E-state index contributed by atoms with van der Waals surface area (Å²) in [6, 6.07) is 1.98. The number of hydrogen-bond donors (Lipinski definition) is 1. The van der Waals surface area contributed by atoms with Gasteiger partial charge in [-0.3, -0.25) is 9.69 Å². The Kier molecular flexibility index (Phi) is 6.01. The van der Waals surface area contributed by atoms with Crippen molar-refractivity contribution in [2.75, 3.05) is 45.6 Å². The van der Waals surface area contributed by atoms with Gasteiger partial charge in [-0.25, -0.2) is 13.1 Å². The van der Waals surface area contributed by atoms with Crippen molar-refractivity contribution in [3.05, 3.63) is 24.2 Å². The molecule has 1 spiro atoms. The predicted molar refractivity (Wildman–Crippen MR) is 95.9 cm³/mol. The highest BCUT2D eigenvalue weighted by Gasteiger charge is 2.40. The Labute approximate surface area is 154 Å². The number of furan rings is 1. The van der Waals surface area contributed by atoms with Crippen LogP contribution in [0.15, 0.2) is 23.0 Å². The van der Waals surface area contributed by atoms with Crippen LogP contribution in [0.2, 0.25) is 0 Å². The first kappa shape index (κ1) is 19.3. The Bertz CT molecular complexity index is 696. The van der Waals surface area contributed by atoms with Crippen LogP contribution < -0.4 is 4.72 Å². The number of carbonyl (C=O) groups is 1. The van der Waals surface area contributed by atoms with Crippen molar-refractivity contribution in [3.8, 4) is 0 Å². The maximum absolute atomic E-state index is 12.3. The number of piperidine rings is 1. The summed E-state index contributed by atoms with van der Waals surface area (Å²) in [5, 5.41) is 0. The monoisotopic (exact) mass is 385 g/mol. The van der Waals surface area contributed by atoms with E-state index in [1.54, 1.807) is 12.5 Å². The van der Waals surface area contributed by atoms with Crippen molar-refractivity contribution in [1.82, 2.24) is 14.5 Å². The molecule has 26 heavy (non-hydrogen) atoms. The van der Waals surface area contributed by atoms with E-state index in [4.69, 9.17) is 9.15 Å². The highest BCUT2D eigenvalue weighted by Crippen LogP contribution is 2.31. The maximum atomic E-state index is 12.3. The number of amides is 1. The topological polar surface area (TPSA) is 92.1 Å². The van der Waals surface area contributed by atoms with Gasteiger partial charge in [-0.2, -0.15) is 0 Å². The van der Waals surface area contributed by atoms with Crippen LogP contribution in [0.5, 0.6) is 0 Å². The van der Waals surface area contributed by atoms with Crippen molar-refractivity contribution in [3.63, 3.8) is 0 Å². The molecule has 0 aromatic carbocycles. The van der Waals surface area contributed by atoms with Crippen molar-refractivity contribution in [2.45, 2.75) is 31.4 Å². The molecule has 146 valence electrons. The van der Waals surface area contributed by atoms with Gasteiger partial charge in [-0.05, 0) is 18.9 Å². The number of likely N-dealkylation sites (tertiary alicyclic amines) is 1. The normalized spacial score (nSPS) is 21.2. The molecule has 0 aliphatic carbocycles. The zero-order chi connectivity index (χ0) is 18.6. The number of hydrogen-bond acceptors (Lipinski definition) is 6. The molecule has 0 bridgehead atoms. The van der Waals surface area contributed by atoms with Gasteiger partial charge >= 0.3 is 0 Å². The third kappa shape index (κ3) is 5.29. The summed E-state index contributed by atoms with van der Waals surface area (Å²) in [7, 11) is -3.25. The lowest BCUT2D eigenvalue weighted by Gasteiger charge is -2.47. The van der Waals surface area contributed by atoms with Crippen molar-refractivity contribution < 1.29 is 22.4 Å². The number of morpholine rings is 1. The second-order valence-electron chi connectivity index (χ2n) is 7.17. The van der Waals surface area contributed by atoms with Crippen LogP contribution in [0.25, 0.3) is 0 Å². The standard InChI is InChI=1S/C17H27N3O5S/c1-26(22,23)18-6-2-16(21)20-7-4-17(5-8-20)14-19(9-11-25-17)12-15-3-10-24-13-15/h3,10,13,18H,2,4-9,11-12,14H2,1H3. The number of ether oxygens (including phenoxy) is 1. The van der Waals surface area contributed by atoms with E-state index in [0.29, 0.717) is 19.7 Å². The van der Waals surface area contributed by atoms with Gasteiger partial charge in [0.1, 0.15) is 0 Å². The molecule has 2 aliphatic heterocycles. The summed E-state index contributed by atoms with van der Waals surface area (Å²) >= 11 is 0. The van der Waals surface area contributed by atoms with Crippen LogP contribution in [0.1, 0.15) is 24.8 Å². The summed E-state index contributed by atoms with van der Waals surface area (Å²) < 4.78 is 35.8. The van der Waals surface area contributed by atoms with Crippen LogP contribution in [-0.2, 0) is 26.1 Å². The molecule has 1 aromatic rings. The van der Waals surface area contributed by atoms with E-state index in [-0.39, 0.29) is 24.5 Å². The molecule has 8 nitrogen and oxygen atoms in total. The predicted octanol–water partition coefficient (Wildman–Crippen LogP) is 0.412. The van der Waals surface area contributed by atoms with Gasteiger partial charge in [0.25, 0.3) is 0 Å². The number of carbonyl (C=O) groups excluding carboxylic acids is 1. The van der Waals surface area contributed by atoms with Crippen molar-refractivity contribution >= 4 is 15.9 Å². The summed E-state index contributed by atoms with van der Waals surface area (Å²) in [6.45, 7) is 4.75. The second-order valence-corrected chi connectivity index (χ2v) is 9.00. The zero-order valence-electron chi connectivity index (χ0n) is 15.1. The molecule has 3 heterocycles. The molecular formula is C17H27N3O5S. The van der Waals surface area contributed by atoms with Gasteiger partial charge in [0.2, 0.25) is 15.9 Å². The van der Waals surface area contributed by atoms with E-state index in [0.717, 1.165) is 44.3 Å². The second kappa shape index (κ2) is 8.08. The van der Waals surface area contributed by atoms with E-state index in [2.05, 4.69) is 9.62 Å². The smallest absolute Gasteiger partial charge is 0.223 e. The Hall–Kier alpha value is -1.42. The highest BCUT2D eigenvalue weighted by atomic mass is 32.2. The first-order chi connectivity index (χ1) is 12.4. The Morgan fingerprint density at radius 1 is 1.31 bits per heavy atom. The third-order valence-electron chi connectivity index (χ3n) is 5.04. The molecule has 2 aliphatic rings.